The van der Waals surface area contributed by atoms with Gasteiger partial charge >= 0.3 is 0 Å². The van der Waals surface area contributed by atoms with Crippen molar-refractivity contribution in [2.45, 2.75) is 59.1 Å². The van der Waals surface area contributed by atoms with Crippen molar-refractivity contribution in [1.82, 2.24) is 4.90 Å². The normalized spacial score (nSPS) is 19.9. The first-order valence-electron chi connectivity index (χ1n) is 13.7. The number of carbonyl (C=O) groups excluding carboxylic acids is 2. The molecule has 2 aliphatic heterocycles. The molecule has 8 nitrogen and oxygen atoms in total. The minimum Gasteiger partial charge on any atom is -0.507 e. The van der Waals surface area contributed by atoms with Gasteiger partial charge in [-0.05, 0) is 74.1 Å². The molecule has 0 aromatic heterocycles. The highest BCUT2D eigenvalue weighted by atomic mass is 16.5. The van der Waals surface area contributed by atoms with Gasteiger partial charge in [0.2, 0.25) is 0 Å². The Balaban J connectivity index is 1.77. The molecule has 0 unspecified atom stereocenters. The van der Waals surface area contributed by atoms with Crippen molar-refractivity contribution in [2.24, 2.45) is 5.92 Å². The SMILES string of the molecule is CCOc1cc([C@@H]2C(=C(O)c3ccc4c(c3)C[C@H](C)O4)C(=O)C(=O)N2CCCOC)ccc1OCCC(C)C. The fraction of sp³-hybridized carbons (Fsp3) is 0.484. The molecule has 39 heavy (non-hydrogen) atoms. The van der Waals surface area contributed by atoms with E-state index in [0.29, 0.717) is 67.8 Å². The van der Waals surface area contributed by atoms with Crippen LogP contribution in [0.2, 0.25) is 0 Å². The minimum atomic E-state index is -0.783. The first kappa shape index (κ1) is 28.5. The summed E-state index contributed by atoms with van der Waals surface area (Å²) < 4.78 is 22.9. The van der Waals surface area contributed by atoms with Gasteiger partial charge in [0.05, 0.1) is 24.8 Å². The molecule has 1 N–H and O–H groups in total. The monoisotopic (exact) mass is 537 g/mol. The van der Waals surface area contributed by atoms with Crippen molar-refractivity contribution in [3.8, 4) is 17.2 Å². The van der Waals surface area contributed by atoms with Crippen LogP contribution in [0.15, 0.2) is 42.0 Å². The van der Waals surface area contributed by atoms with Crippen molar-refractivity contribution in [2.75, 3.05) is 33.5 Å². The van der Waals surface area contributed by atoms with Gasteiger partial charge in [-0.2, -0.15) is 0 Å². The number of amides is 1. The maximum Gasteiger partial charge on any atom is 0.295 e. The van der Waals surface area contributed by atoms with E-state index in [1.807, 2.05) is 32.0 Å². The van der Waals surface area contributed by atoms with E-state index < -0.39 is 17.7 Å². The molecule has 8 heteroatoms. The third-order valence-electron chi connectivity index (χ3n) is 6.99. The van der Waals surface area contributed by atoms with Gasteiger partial charge in [-0.3, -0.25) is 9.59 Å². The number of rotatable bonds is 12. The van der Waals surface area contributed by atoms with Crippen LogP contribution < -0.4 is 14.2 Å². The van der Waals surface area contributed by atoms with Gasteiger partial charge < -0.3 is 29.0 Å². The van der Waals surface area contributed by atoms with Crippen molar-refractivity contribution in [3.63, 3.8) is 0 Å². The summed E-state index contributed by atoms with van der Waals surface area (Å²) >= 11 is 0. The maximum atomic E-state index is 13.4. The number of hydrogen-bond acceptors (Lipinski definition) is 7. The molecule has 1 fully saturated rings. The van der Waals surface area contributed by atoms with E-state index in [4.69, 9.17) is 18.9 Å². The standard InChI is InChI=1S/C31H39NO7/c1-6-37-26-18-21(8-11-25(26)38-15-12-19(2)3)28-27(30(34)31(35)32(28)13-7-14-36-5)29(33)22-9-10-24-23(17-22)16-20(4)39-24/h8-11,17-20,28,33H,6-7,12-16H2,1-5H3/t20-,28+/m0/s1. The van der Waals surface area contributed by atoms with Crippen molar-refractivity contribution >= 4 is 17.4 Å². The van der Waals surface area contributed by atoms with Crippen LogP contribution in [-0.4, -0.2) is 61.3 Å². The summed E-state index contributed by atoms with van der Waals surface area (Å²) in [6, 6.07) is 10.0. The van der Waals surface area contributed by atoms with Crippen LogP contribution in [0, 0.1) is 5.92 Å². The number of methoxy groups -OCH3 is 1. The number of ketones is 1. The number of hydrogen-bond donors (Lipinski definition) is 1. The second-order valence-electron chi connectivity index (χ2n) is 10.5. The summed E-state index contributed by atoms with van der Waals surface area (Å²) in [6.45, 7) is 9.85. The van der Waals surface area contributed by atoms with Crippen molar-refractivity contribution < 1.29 is 33.6 Å². The van der Waals surface area contributed by atoms with Gasteiger partial charge in [0.25, 0.3) is 11.7 Å². The van der Waals surface area contributed by atoms with Crippen molar-refractivity contribution in [1.29, 1.82) is 0 Å². The van der Waals surface area contributed by atoms with Gasteiger partial charge in [-0.25, -0.2) is 0 Å². The molecule has 0 spiro atoms. The Kier molecular flexibility index (Phi) is 9.17. The molecule has 0 saturated carbocycles. The smallest absolute Gasteiger partial charge is 0.295 e. The Morgan fingerprint density at radius 2 is 1.90 bits per heavy atom. The lowest BCUT2D eigenvalue weighted by molar-refractivity contribution is -0.140. The average Bonchev–Trinajstić information content (AvgIpc) is 3.40. The highest BCUT2D eigenvalue weighted by Crippen LogP contribution is 2.43. The maximum absolute atomic E-state index is 13.4. The third kappa shape index (κ3) is 6.22. The minimum absolute atomic E-state index is 0.0435. The Morgan fingerprint density at radius 3 is 2.62 bits per heavy atom. The summed E-state index contributed by atoms with van der Waals surface area (Å²) in [5, 5.41) is 11.5. The number of aliphatic hydroxyl groups is 1. The zero-order chi connectivity index (χ0) is 28.1. The van der Waals surface area contributed by atoms with Gasteiger partial charge in [-0.15, -0.1) is 0 Å². The number of likely N-dealkylation sites (tertiary alicyclic amines) is 1. The van der Waals surface area contributed by atoms with Crippen LogP contribution in [0.3, 0.4) is 0 Å². The van der Waals surface area contributed by atoms with Crippen molar-refractivity contribution in [3.05, 3.63) is 58.7 Å². The molecule has 2 aromatic carbocycles. The van der Waals surface area contributed by atoms with E-state index in [-0.39, 0.29) is 17.4 Å². The largest absolute Gasteiger partial charge is 0.507 e. The number of aliphatic hydroxyl groups excluding tert-OH is 1. The first-order valence-corrected chi connectivity index (χ1v) is 13.7. The number of Topliss-reactive ketones (excluding diaryl/α,β-unsaturated/α-hetero) is 1. The van der Waals surface area contributed by atoms with E-state index in [2.05, 4.69) is 13.8 Å². The summed E-state index contributed by atoms with van der Waals surface area (Å²) in [6.07, 6.45) is 2.20. The number of fused-ring (bicyclic) bond motifs is 1. The molecular formula is C31H39NO7. The average molecular weight is 538 g/mol. The molecule has 1 amide bonds. The molecule has 0 bridgehead atoms. The Bertz CT molecular complexity index is 1240. The highest BCUT2D eigenvalue weighted by molar-refractivity contribution is 6.46. The second-order valence-corrected chi connectivity index (χ2v) is 10.5. The van der Waals surface area contributed by atoms with Gasteiger partial charge in [0.1, 0.15) is 17.6 Å². The molecule has 1 saturated heterocycles. The van der Waals surface area contributed by atoms with E-state index in [1.165, 1.54) is 4.90 Å². The van der Waals surface area contributed by atoms with Crippen LogP contribution in [-0.2, 0) is 20.7 Å². The number of ether oxygens (including phenoxy) is 4. The predicted octanol–water partition coefficient (Wildman–Crippen LogP) is 5.29. The molecule has 210 valence electrons. The highest BCUT2D eigenvalue weighted by Gasteiger charge is 2.46. The molecule has 2 atom stereocenters. The summed E-state index contributed by atoms with van der Waals surface area (Å²) in [4.78, 5) is 28.2. The van der Waals surface area contributed by atoms with Crippen LogP contribution in [0.1, 0.15) is 63.3 Å². The van der Waals surface area contributed by atoms with Crippen LogP contribution in [0.4, 0.5) is 0 Å². The van der Waals surface area contributed by atoms with Gasteiger partial charge in [-0.1, -0.05) is 19.9 Å². The molecule has 4 rings (SSSR count). The third-order valence-corrected chi connectivity index (χ3v) is 6.99. The molecule has 2 heterocycles. The Hall–Kier alpha value is -3.52. The number of carbonyl (C=O) groups is 2. The number of benzene rings is 2. The molecule has 0 aliphatic carbocycles. The van der Waals surface area contributed by atoms with E-state index in [1.54, 1.807) is 25.3 Å². The number of nitrogens with zero attached hydrogens (tertiary/aromatic N) is 1. The van der Waals surface area contributed by atoms with Gasteiger partial charge in [0, 0.05) is 32.2 Å². The fourth-order valence-corrected chi connectivity index (χ4v) is 5.05. The van der Waals surface area contributed by atoms with E-state index >= 15 is 0 Å². The van der Waals surface area contributed by atoms with Crippen LogP contribution >= 0.6 is 0 Å². The predicted molar refractivity (Wildman–Crippen MR) is 148 cm³/mol. The quantitative estimate of drug-likeness (QED) is 0.170. The Morgan fingerprint density at radius 1 is 1.10 bits per heavy atom. The van der Waals surface area contributed by atoms with E-state index in [0.717, 1.165) is 17.7 Å². The zero-order valence-corrected chi connectivity index (χ0v) is 23.5. The lowest BCUT2D eigenvalue weighted by atomic mass is 9.94. The summed E-state index contributed by atoms with van der Waals surface area (Å²) in [5.74, 6) is 0.840. The van der Waals surface area contributed by atoms with Crippen LogP contribution in [0.5, 0.6) is 17.2 Å². The summed E-state index contributed by atoms with van der Waals surface area (Å²) in [7, 11) is 1.59. The molecule has 0 radical (unpaired) electrons. The van der Waals surface area contributed by atoms with Gasteiger partial charge in [0.15, 0.2) is 11.5 Å². The van der Waals surface area contributed by atoms with Crippen LogP contribution in [0.25, 0.3) is 5.76 Å². The lowest BCUT2D eigenvalue weighted by Gasteiger charge is -2.26. The first-order chi connectivity index (χ1) is 18.7. The molecule has 2 aliphatic rings. The molecule has 2 aromatic rings. The zero-order valence-electron chi connectivity index (χ0n) is 23.5. The molecular weight excluding hydrogens is 498 g/mol. The second kappa shape index (κ2) is 12.6. The fourth-order valence-electron chi connectivity index (χ4n) is 5.05. The van der Waals surface area contributed by atoms with E-state index in [9.17, 15) is 14.7 Å². The lowest BCUT2D eigenvalue weighted by Crippen LogP contribution is -2.31. The Labute approximate surface area is 230 Å². The topological polar surface area (TPSA) is 94.5 Å². The summed E-state index contributed by atoms with van der Waals surface area (Å²) in [5.41, 5.74) is 2.15.